The van der Waals surface area contributed by atoms with Gasteiger partial charge in [0.25, 0.3) is 0 Å². The quantitative estimate of drug-likeness (QED) is 0.785. The van der Waals surface area contributed by atoms with Crippen LogP contribution in [-0.2, 0) is 9.53 Å². The van der Waals surface area contributed by atoms with Crippen LogP contribution in [0, 0.1) is 12.8 Å². The molecule has 164 valence electrons. The number of rotatable bonds is 4. The maximum Gasteiger partial charge on any atom is 0.223 e. The van der Waals surface area contributed by atoms with Gasteiger partial charge in [0.2, 0.25) is 11.8 Å². The molecule has 2 aliphatic rings. The maximum atomic E-state index is 11.5. The highest BCUT2D eigenvalue weighted by atomic mass is 16.5. The molecule has 1 aromatic rings. The minimum atomic E-state index is -0.141. The molecule has 1 fully saturated rings. The predicted octanol–water partition coefficient (Wildman–Crippen LogP) is 4.59. The largest absolute Gasteiger partial charge is 0.496 e. The molecule has 30 heavy (non-hydrogen) atoms. The summed E-state index contributed by atoms with van der Waals surface area (Å²) >= 11 is 0. The summed E-state index contributed by atoms with van der Waals surface area (Å²) in [6.45, 7) is 10.6. The van der Waals surface area contributed by atoms with Crippen LogP contribution in [-0.4, -0.2) is 44.3 Å². The van der Waals surface area contributed by atoms with Crippen LogP contribution in [0.4, 0.5) is 0 Å². The number of carbonyl (C=O) groups is 1. The summed E-state index contributed by atoms with van der Waals surface area (Å²) in [5, 5.41) is 2.86. The zero-order chi connectivity index (χ0) is 22.3. The Morgan fingerprint density at radius 1 is 1.37 bits per heavy atom. The van der Waals surface area contributed by atoms with E-state index in [1.807, 2.05) is 65.0 Å². The lowest BCUT2D eigenvalue weighted by Crippen LogP contribution is -2.29. The van der Waals surface area contributed by atoms with Crippen LogP contribution >= 0.6 is 0 Å². The van der Waals surface area contributed by atoms with E-state index in [-0.39, 0.29) is 19.4 Å². The molecule has 1 aromatic carbocycles. The molecule has 2 atom stereocenters. The van der Waals surface area contributed by atoms with Gasteiger partial charge in [-0.1, -0.05) is 32.1 Å². The standard InChI is InChI=1S/C22H27N3O3.C2H6.H2/c1-6-17-19(23-4)11-18(15-8-7-13(2)20(9-15)27-5)25-22(17)28-14(3)16-10-21(26)24-12-16;1-2;/h6-9,11,14,16H,10,12H2,1-5H3,(H,24,26);1-2H3;1H/b17-6+,23-19?;;/t14-,16-;;/m1../s1. The highest BCUT2D eigenvalue weighted by molar-refractivity contribution is 6.30. The number of allylic oxidation sites excluding steroid dienone is 2. The fraction of sp³-hybridized carbons (Fsp3) is 0.458. The molecule has 0 saturated carbocycles. The average molecular weight is 414 g/mol. The van der Waals surface area contributed by atoms with Crippen molar-refractivity contribution >= 4 is 23.2 Å². The molecule has 0 spiro atoms. The van der Waals surface area contributed by atoms with E-state index in [2.05, 4.69) is 10.3 Å². The number of aryl methyl sites for hydroxylation is 1. The monoisotopic (exact) mass is 413 g/mol. The maximum absolute atomic E-state index is 11.5. The van der Waals surface area contributed by atoms with Crippen molar-refractivity contribution in [2.24, 2.45) is 15.9 Å². The highest BCUT2D eigenvalue weighted by Crippen LogP contribution is 2.29. The summed E-state index contributed by atoms with van der Waals surface area (Å²) in [5.74, 6) is 1.54. The van der Waals surface area contributed by atoms with Crippen molar-refractivity contribution in [3.05, 3.63) is 47.1 Å². The summed E-state index contributed by atoms with van der Waals surface area (Å²) in [5.41, 5.74) is 4.44. The van der Waals surface area contributed by atoms with Gasteiger partial charge in [-0.3, -0.25) is 9.79 Å². The van der Waals surface area contributed by atoms with Gasteiger partial charge in [-0.2, -0.15) is 0 Å². The second-order valence-corrected chi connectivity index (χ2v) is 7.03. The summed E-state index contributed by atoms with van der Waals surface area (Å²) in [7, 11) is 3.42. The van der Waals surface area contributed by atoms with Gasteiger partial charge in [-0.05, 0) is 38.5 Å². The summed E-state index contributed by atoms with van der Waals surface area (Å²) in [4.78, 5) is 20.7. The molecule has 1 N–H and O–H groups in total. The number of hydrogen-bond donors (Lipinski definition) is 1. The third-order valence-corrected chi connectivity index (χ3v) is 5.21. The Hall–Kier alpha value is -2.89. The van der Waals surface area contributed by atoms with Crippen LogP contribution in [0.5, 0.6) is 5.75 Å². The third kappa shape index (κ3) is 5.17. The van der Waals surface area contributed by atoms with Crippen LogP contribution in [0.25, 0.3) is 5.70 Å². The van der Waals surface area contributed by atoms with Crippen molar-refractivity contribution < 1.29 is 15.7 Å². The number of nitrogens with one attached hydrogen (secondary N) is 1. The molecule has 1 amide bonds. The Balaban J connectivity index is 0.00000156. The molecular formula is C24H35N3O3. The second-order valence-electron chi connectivity index (χ2n) is 7.03. The molecule has 0 bridgehead atoms. The Labute approximate surface area is 181 Å². The minimum absolute atomic E-state index is 0. The number of ether oxygens (including phenoxy) is 2. The lowest BCUT2D eigenvalue weighted by Gasteiger charge is -2.24. The SMILES string of the molecule is C/C=C1\C(=NC)C=C(c2ccc(C)c(OC)c2)N=C1O[C@H](C)[C@H]1CNC(=O)C1.CC.[HH]. The van der Waals surface area contributed by atoms with Crippen molar-refractivity contribution in [1.82, 2.24) is 5.32 Å². The second kappa shape index (κ2) is 10.8. The van der Waals surface area contributed by atoms with Gasteiger partial charge >= 0.3 is 0 Å². The first-order chi connectivity index (χ1) is 14.5. The predicted molar refractivity (Wildman–Crippen MR) is 125 cm³/mol. The minimum Gasteiger partial charge on any atom is -0.496 e. The van der Waals surface area contributed by atoms with E-state index in [4.69, 9.17) is 14.5 Å². The molecule has 2 heterocycles. The molecule has 3 rings (SSSR count). The normalized spacial score (nSPS) is 22.0. The molecule has 6 nitrogen and oxygen atoms in total. The fourth-order valence-corrected chi connectivity index (χ4v) is 3.42. The number of amides is 1. The van der Waals surface area contributed by atoms with Crippen molar-refractivity contribution in [3.63, 3.8) is 0 Å². The number of nitrogens with zero attached hydrogens (tertiary/aromatic N) is 2. The average Bonchev–Trinajstić information content (AvgIpc) is 3.21. The van der Waals surface area contributed by atoms with E-state index in [0.717, 1.165) is 33.9 Å². The van der Waals surface area contributed by atoms with Crippen LogP contribution < -0.4 is 10.1 Å². The number of benzene rings is 1. The van der Waals surface area contributed by atoms with Crippen LogP contribution in [0.1, 0.15) is 46.7 Å². The zero-order valence-corrected chi connectivity index (χ0v) is 19.1. The van der Waals surface area contributed by atoms with E-state index in [9.17, 15) is 4.79 Å². The van der Waals surface area contributed by atoms with Crippen molar-refractivity contribution in [1.29, 1.82) is 0 Å². The van der Waals surface area contributed by atoms with Crippen molar-refractivity contribution in [2.45, 2.75) is 47.1 Å². The van der Waals surface area contributed by atoms with E-state index in [1.54, 1.807) is 14.2 Å². The number of methoxy groups -OCH3 is 1. The number of hydrogen-bond acceptors (Lipinski definition) is 5. The number of carbonyl (C=O) groups excluding carboxylic acids is 1. The van der Waals surface area contributed by atoms with Gasteiger partial charge in [0, 0.05) is 32.9 Å². The topological polar surface area (TPSA) is 72.3 Å². The van der Waals surface area contributed by atoms with Crippen LogP contribution in [0.2, 0.25) is 0 Å². The van der Waals surface area contributed by atoms with Gasteiger partial charge in [-0.25, -0.2) is 4.99 Å². The van der Waals surface area contributed by atoms with Gasteiger partial charge < -0.3 is 14.8 Å². The smallest absolute Gasteiger partial charge is 0.223 e. The van der Waals surface area contributed by atoms with Gasteiger partial charge in [0.15, 0.2) is 0 Å². The first kappa shape index (κ1) is 23.4. The summed E-state index contributed by atoms with van der Waals surface area (Å²) < 4.78 is 11.7. The molecule has 2 aliphatic heterocycles. The van der Waals surface area contributed by atoms with Gasteiger partial charge in [0.1, 0.15) is 11.9 Å². The van der Waals surface area contributed by atoms with E-state index in [1.165, 1.54) is 0 Å². The fourth-order valence-electron chi connectivity index (χ4n) is 3.42. The van der Waals surface area contributed by atoms with Crippen LogP contribution in [0.15, 0.2) is 45.9 Å². The molecule has 0 aliphatic carbocycles. The molecule has 0 radical (unpaired) electrons. The number of aliphatic imine (C=N–C) groups is 2. The lowest BCUT2D eigenvalue weighted by molar-refractivity contribution is -0.119. The van der Waals surface area contributed by atoms with E-state index < -0.39 is 0 Å². The molecule has 6 heteroatoms. The van der Waals surface area contributed by atoms with Gasteiger partial charge in [0.05, 0.1) is 24.1 Å². The summed E-state index contributed by atoms with van der Waals surface area (Å²) in [6.07, 6.45) is 4.25. The first-order valence-electron chi connectivity index (χ1n) is 10.5. The molecule has 0 unspecified atom stereocenters. The molecule has 0 aromatic heterocycles. The van der Waals surface area contributed by atoms with Crippen LogP contribution in [0.3, 0.4) is 0 Å². The van der Waals surface area contributed by atoms with E-state index >= 15 is 0 Å². The Morgan fingerprint density at radius 2 is 2.10 bits per heavy atom. The van der Waals surface area contributed by atoms with Crippen molar-refractivity contribution in [2.75, 3.05) is 20.7 Å². The molecular weight excluding hydrogens is 378 g/mol. The third-order valence-electron chi connectivity index (χ3n) is 5.21. The highest BCUT2D eigenvalue weighted by Gasteiger charge is 2.30. The Kier molecular flexibility index (Phi) is 8.39. The van der Waals surface area contributed by atoms with Crippen molar-refractivity contribution in [3.8, 4) is 5.75 Å². The van der Waals surface area contributed by atoms with Gasteiger partial charge in [-0.15, -0.1) is 0 Å². The van der Waals surface area contributed by atoms with E-state index in [0.29, 0.717) is 18.9 Å². The Bertz CT molecular complexity index is 903. The first-order valence-corrected chi connectivity index (χ1v) is 10.5. The summed E-state index contributed by atoms with van der Waals surface area (Å²) in [6, 6.07) is 6.00. The lowest BCUT2D eigenvalue weighted by atomic mass is 10.00. The Morgan fingerprint density at radius 3 is 2.67 bits per heavy atom. The zero-order valence-electron chi connectivity index (χ0n) is 19.1. The molecule has 1 saturated heterocycles.